The van der Waals surface area contributed by atoms with Gasteiger partial charge in [0.05, 0.1) is 27.2 Å². The van der Waals surface area contributed by atoms with Crippen molar-refractivity contribution >= 4 is 33.6 Å². The molecule has 1 atom stereocenters. The van der Waals surface area contributed by atoms with Crippen molar-refractivity contribution in [1.29, 1.82) is 0 Å². The van der Waals surface area contributed by atoms with Gasteiger partial charge < -0.3 is 23.6 Å². The summed E-state index contributed by atoms with van der Waals surface area (Å²) in [5, 5.41) is 0.684. The molecule has 0 N–H and O–H groups in total. The molecule has 1 aliphatic rings. The van der Waals surface area contributed by atoms with E-state index >= 15 is 0 Å². The maximum Gasteiger partial charge on any atom is 0.410 e. The molecular weight excluding hydrogens is 568 g/mol. The lowest BCUT2D eigenvalue weighted by Gasteiger charge is -2.33. The molecule has 38 heavy (non-hydrogen) atoms. The molecule has 1 amide bonds. The number of likely N-dealkylation sites (tertiary alicyclic amines) is 1. The number of halogens is 2. The molecule has 0 aromatic heterocycles. The first-order valence-electron chi connectivity index (χ1n) is 13.3. The predicted octanol–water partition coefficient (Wildman–Crippen LogP) is 7.55. The van der Waals surface area contributed by atoms with E-state index in [2.05, 4.69) is 56.0 Å². The first-order chi connectivity index (χ1) is 17.7. The van der Waals surface area contributed by atoms with E-state index in [9.17, 15) is 4.79 Å². The van der Waals surface area contributed by atoms with Crippen molar-refractivity contribution in [2.45, 2.75) is 59.8 Å². The third kappa shape index (κ3) is 9.97. The zero-order chi connectivity index (χ0) is 28.1. The minimum atomic E-state index is -0.476. The quantitative estimate of drug-likeness (QED) is 0.261. The molecule has 8 heteroatoms. The van der Waals surface area contributed by atoms with Crippen LogP contribution in [0.25, 0.3) is 0 Å². The Hall–Kier alpha value is -1.96. The van der Waals surface area contributed by atoms with E-state index in [-0.39, 0.29) is 6.09 Å². The highest BCUT2D eigenvalue weighted by molar-refractivity contribution is 9.10. The summed E-state index contributed by atoms with van der Waals surface area (Å²) in [5.41, 5.74) is 1.70. The fourth-order valence-electron chi connectivity index (χ4n) is 4.68. The van der Waals surface area contributed by atoms with Gasteiger partial charge in [-0.05, 0) is 57.4 Å². The van der Waals surface area contributed by atoms with Gasteiger partial charge >= 0.3 is 6.09 Å². The van der Waals surface area contributed by atoms with Gasteiger partial charge in [0.1, 0.15) is 30.3 Å². The van der Waals surface area contributed by atoms with Crippen LogP contribution in [0.4, 0.5) is 4.79 Å². The van der Waals surface area contributed by atoms with Crippen molar-refractivity contribution in [2.24, 2.45) is 11.8 Å². The lowest BCUT2D eigenvalue weighted by molar-refractivity contribution is -0.906. The average molecular weight is 611 g/mol. The minimum Gasteiger partial charge on any atom is -0.493 e. The SMILES string of the molecule is CC(C)COc1cc(C[N+](C)(C)CC2CCN(C(=O)OC(C)(C)C)C2)cc(OCc2ccc(Cl)cc2Br)c1. The normalized spacial score (nSPS) is 16.2. The van der Waals surface area contributed by atoms with Crippen LogP contribution in [-0.4, -0.2) is 61.4 Å². The maximum absolute atomic E-state index is 12.5. The van der Waals surface area contributed by atoms with Crippen LogP contribution in [-0.2, 0) is 17.9 Å². The molecule has 1 saturated heterocycles. The Balaban J connectivity index is 1.68. The molecule has 1 heterocycles. The van der Waals surface area contributed by atoms with Gasteiger partial charge in [0.2, 0.25) is 0 Å². The topological polar surface area (TPSA) is 48.0 Å². The number of ether oxygens (including phenoxy) is 3. The third-order valence-electron chi connectivity index (χ3n) is 6.23. The second-order valence-corrected chi connectivity index (χ2v) is 13.7. The second kappa shape index (κ2) is 12.9. The number of carbonyl (C=O) groups is 1. The van der Waals surface area contributed by atoms with Crippen molar-refractivity contribution in [1.82, 2.24) is 4.90 Å². The molecule has 2 aromatic carbocycles. The predicted molar refractivity (Wildman–Crippen MR) is 157 cm³/mol. The summed E-state index contributed by atoms with van der Waals surface area (Å²) < 4.78 is 19.6. The zero-order valence-corrected chi connectivity index (χ0v) is 26.2. The van der Waals surface area contributed by atoms with Crippen molar-refractivity contribution in [3.05, 3.63) is 57.0 Å². The van der Waals surface area contributed by atoms with Gasteiger partial charge in [0.25, 0.3) is 0 Å². The van der Waals surface area contributed by atoms with E-state index in [1.54, 1.807) is 0 Å². The second-order valence-electron chi connectivity index (χ2n) is 12.4. The van der Waals surface area contributed by atoms with Crippen molar-refractivity contribution in [3.63, 3.8) is 0 Å². The van der Waals surface area contributed by atoms with Crippen LogP contribution in [0.5, 0.6) is 11.5 Å². The maximum atomic E-state index is 12.5. The molecule has 1 unspecified atom stereocenters. The lowest BCUT2D eigenvalue weighted by Crippen LogP contribution is -2.43. The molecule has 1 aliphatic heterocycles. The molecule has 1 fully saturated rings. The summed E-state index contributed by atoms with van der Waals surface area (Å²) in [5.74, 6) is 2.45. The third-order valence-corrected chi connectivity index (χ3v) is 7.21. The van der Waals surface area contributed by atoms with E-state index in [1.165, 1.54) is 0 Å². The number of rotatable bonds is 10. The molecule has 0 saturated carbocycles. The van der Waals surface area contributed by atoms with Gasteiger partial charge in [-0.25, -0.2) is 4.79 Å². The minimum absolute atomic E-state index is 0.213. The molecule has 0 spiro atoms. The molecular formula is C30H43BrClN2O4+. The summed E-state index contributed by atoms with van der Waals surface area (Å²) >= 11 is 9.67. The summed E-state index contributed by atoms with van der Waals surface area (Å²) in [4.78, 5) is 14.4. The number of amides is 1. The standard InChI is InChI=1S/C30H43BrClN2O4/c1-21(2)19-36-26-12-23(13-27(15-26)37-20-24-8-9-25(32)14-28(24)31)18-34(6,7)17-22-10-11-33(16-22)29(35)38-30(3,4)5/h8-9,12-15,21-22H,10-11,16-20H2,1-7H3/q+1. The summed E-state index contributed by atoms with van der Waals surface area (Å²) in [6.45, 7) is 14.3. The van der Waals surface area contributed by atoms with Gasteiger partial charge in [0.15, 0.2) is 0 Å². The Labute approximate surface area is 241 Å². The summed E-state index contributed by atoms with van der Waals surface area (Å²) in [6, 6.07) is 11.9. The van der Waals surface area contributed by atoms with Gasteiger partial charge in [-0.15, -0.1) is 0 Å². The molecule has 3 rings (SSSR count). The smallest absolute Gasteiger partial charge is 0.410 e. The van der Waals surface area contributed by atoms with Gasteiger partial charge in [-0.1, -0.05) is 47.4 Å². The Kier molecular flexibility index (Phi) is 10.4. The number of benzene rings is 2. The zero-order valence-electron chi connectivity index (χ0n) is 23.9. The lowest BCUT2D eigenvalue weighted by atomic mass is 10.1. The van der Waals surface area contributed by atoms with E-state index in [0.717, 1.165) is 64.2 Å². The van der Waals surface area contributed by atoms with E-state index in [1.807, 2.05) is 49.9 Å². The fraction of sp³-hybridized carbons (Fsp3) is 0.567. The van der Waals surface area contributed by atoms with Crippen LogP contribution in [0.2, 0.25) is 5.02 Å². The largest absolute Gasteiger partial charge is 0.493 e. The summed E-state index contributed by atoms with van der Waals surface area (Å²) in [7, 11) is 4.48. The van der Waals surface area contributed by atoms with Crippen LogP contribution >= 0.6 is 27.5 Å². The number of hydrogen-bond donors (Lipinski definition) is 0. The summed E-state index contributed by atoms with van der Waals surface area (Å²) in [6.07, 6.45) is 0.775. The Morgan fingerprint density at radius 1 is 1.13 bits per heavy atom. The van der Waals surface area contributed by atoms with Crippen molar-refractivity contribution < 1.29 is 23.5 Å². The molecule has 0 radical (unpaired) electrons. The Morgan fingerprint density at radius 3 is 2.45 bits per heavy atom. The van der Waals surface area contributed by atoms with Crippen molar-refractivity contribution in [3.8, 4) is 11.5 Å². The van der Waals surface area contributed by atoms with Gasteiger partial charge in [-0.2, -0.15) is 0 Å². The number of quaternary nitrogens is 1. The van der Waals surface area contributed by atoms with E-state index in [4.69, 9.17) is 25.8 Å². The molecule has 6 nitrogen and oxygen atoms in total. The van der Waals surface area contributed by atoms with E-state index in [0.29, 0.717) is 30.1 Å². The number of nitrogens with zero attached hydrogens (tertiary/aromatic N) is 2. The first-order valence-corrected chi connectivity index (χ1v) is 14.5. The molecule has 2 aromatic rings. The molecule has 0 bridgehead atoms. The van der Waals surface area contributed by atoms with Crippen LogP contribution in [0.15, 0.2) is 40.9 Å². The van der Waals surface area contributed by atoms with Crippen LogP contribution in [0.3, 0.4) is 0 Å². The highest BCUT2D eigenvalue weighted by atomic mass is 79.9. The van der Waals surface area contributed by atoms with Crippen LogP contribution in [0, 0.1) is 11.8 Å². The Bertz CT molecular complexity index is 1100. The monoisotopic (exact) mass is 609 g/mol. The number of carbonyl (C=O) groups excluding carboxylic acids is 1. The molecule has 210 valence electrons. The molecule has 0 aliphatic carbocycles. The first kappa shape index (κ1) is 30.6. The fourth-order valence-corrected chi connectivity index (χ4v) is 5.48. The Morgan fingerprint density at radius 2 is 1.82 bits per heavy atom. The number of hydrogen-bond acceptors (Lipinski definition) is 4. The van der Waals surface area contributed by atoms with Gasteiger partial charge in [-0.3, -0.25) is 0 Å². The van der Waals surface area contributed by atoms with E-state index < -0.39 is 5.60 Å². The highest BCUT2D eigenvalue weighted by Gasteiger charge is 2.33. The highest BCUT2D eigenvalue weighted by Crippen LogP contribution is 2.29. The van der Waals surface area contributed by atoms with Gasteiger partial charge in [0, 0.05) is 45.7 Å². The average Bonchev–Trinajstić information content (AvgIpc) is 3.23. The van der Waals surface area contributed by atoms with Crippen molar-refractivity contribution in [2.75, 3.05) is 40.3 Å². The van der Waals surface area contributed by atoms with Crippen LogP contribution < -0.4 is 9.47 Å². The van der Waals surface area contributed by atoms with Crippen LogP contribution in [0.1, 0.15) is 52.2 Å².